The first-order valence-corrected chi connectivity index (χ1v) is 9.60. The second-order valence-corrected chi connectivity index (χ2v) is 6.88. The van der Waals surface area contributed by atoms with E-state index in [1.54, 1.807) is 18.2 Å². The second kappa shape index (κ2) is 9.82. The topological polar surface area (TPSA) is 103 Å². The van der Waals surface area contributed by atoms with Crippen molar-refractivity contribution in [3.63, 3.8) is 0 Å². The molecule has 2 N–H and O–H groups in total. The molecule has 31 heavy (non-hydrogen) atoms. The molecule has 0 aliphatic rings. The highest BCUT2D eigenvalue weighted by Crippen LogP contribution is 2.35. The highest BCUT2D eigenvalue weighted by Gasteiger charge is 2.24. The molecule has 0 heterocycles. The van der Waals surface area contributed by atoms with Crippen LogP contribution in [0.15, 0.2) is 60.7 Å². The Labute approximate surface area is 183 Å². The molecule has 8 nitrogen and oxygen atoms in total. The highest BCUT2D eigenvalue weighted by atomic mass is 35.5. The number of hydrogen-bond donors (Lipinski definition) is 2. The van der Waals surface area contributed by atoms with Crippen molar-refractivity contribution >= 4 is 34.6 Å². The van der Waals surface area contributed by atoms with Crippen molar-refractivity contribution < 1.29 is 19.2 Å². The van der Waals surface area contributed by atoms with Crippen LogP contribution in [0.1, 0.15) is 15.9 Å². The molecule has 0 aliphatic carbocycles. The number of ether oxygens (including phenoxy) is 2. The summed E-state index contributed by atoms with van der Waals surface area (Å²) in [4.78, 5) is 23.5. The van der Waals surface area contributed by atoms with Gasteiger partial charge >= 0.3 is 0 Å². The first-order chi connectivity index (χ1) is 14.9. The van der Waals surface area contributed by atoms with Crippen LogP contribution in [0.3, 0.4) is 0 Å². The molecular formula is C22H20ClN3O5. The van der Waals surface area contributed by atoms with Crippen molar-refractivity contribution in [1.82, 2.24) is 0 Å². The van der Waals surface area contributed by atoms with E-state index in [9.17, 15) is 14.9 Å². The normalized spacial score (nSPS) is 10.3. The summed E-state index contributed by atoms with van der Waals surface area (Å²) in [7, 11) is 2.74. The minimum atomic E-state index is -0.672. The van der Waals surface area contributed by atoms with Crippen LogP contribution in [-0.2, 0) is 6.54 Å². The van der Waals surface area contributed by atoms with Crippen molar-refractivity contribution in [3.8, 4) is 11.5 Å². The number of nitrogens with zero attached hydrogens (tertiary/aromatic N) is 1. The van der Waals surface area contributed by atoms with Gasteiger partial charge in [0.05, 0.1) is 35.9 Å². The summed E-state index contributed by atoms with van der Waals surface area (Å²) in [5.41, 5.74) is 1.62. The molecule has 3 aromatic rings. The molecule has 3 aromatic carbocycles. The molecule has 0 saturated carbocycles. The fourth-order valence-electron chi connectivity index (χ4n) is 2.93. The van der Waals surface area contributed by atoms with Gasteiger partial charge in [0.2, 0.25) is 0 Å². The molecule has 0 fully saturated rings. The van der Waals surface area contributed by atoms with Gasteiger partial charge in [0.15, 0.2) is 11.5 Å². The summed E-state index contributed by atoms with van der Waals surface area (Å²) < 4.78 is 10.2. The van der Waals surface area contributed by atoms with Gasteiger partial charge in [0, 0.05) is 18.3 Å². The quantitative estimate of drug-likeness (QED) is 0.371. The Morgan fingerprint density at radius 1 is 1.03 bits per heavy atom. The standard InChI is InChI=1S/C22H20ClN3O5/c1-30-20-11-16(19(26(28)29)12-21(20)31-2)22(27)25-15-8-9-18(17(23)10-15)24-13-14-6-4-3-5-7-14/h3-12,24H,13H2,1-2H3,(H,25,27). The lowest BCUT2D eigenvalue weighted by Crippen LogP contribution is -2.14. The fourth-order valence-corrected chi connectivity index (χ4v) is 3.18. The number of rotatable bonds is 8. The molecule has 160 valence electrons. The van der Waals surface area contributed by atoms with Crippen LogP contribution in [0.5, 0.6) is 11.5 Å². The minimum Gasteiger partial charge on any atom is -0.493 e. The van der Waals surface area contributed by atoms with Gasteiger partial charge in [-0.05, 0) is 23.8 Å². The minimum absolute atomic E-state index is 0.155. The third-order valence-corrected chi connectivity index (χ3v) is 4.81. The molecular weight excluding hydrogens is 422 g/mol. The Bertz CT molecular complexity index is 1110. The summed E-state index contributed by atoms with van der Waals surface area (Å²) in [5, 5.41) is 17.7. The van der Waals surface area contributed by atoms with Gasteiger partial charge < -0.3 is 20.1 Å². The predicted molar refractivity (Wildman–Crippen MR) is 119 cm³/mol. The number of nitro groups is 1. The van der Waals surface area contributed by atoms with E-state index < -0.39 is 16.5 Å². The maximum Gasteiger partial charge on any atom is 0.286 e. The van der Waals surface area contributed by atoms with Gasteiger partial charge in [0.25, 0.3) is 11.6 Å². The zero-order valence-electron chi connectivity index (χ0n) is 16.8. The first kappa shape index (κ1) is 21.9. The zero-order valence-corrected chi connectivity index (χ0v) is 17.6. The maximum atomic E-state index is 12.7. The van der Waals surface area contributed by atoms with Crippen molar-refractivity contribution in [3.05, 3.63) is 86.9 Å². The average Bonchev–Trinajstić information content (AvgIpc) is 2.78. The summed E-state index contributed by atoms with van der Waals surface area (Å²) in [6.07, 6.45) is 0. The lowest BCUT2D eigenvalue weighted by molar-refractivity contribution is -0.385. The highest BCUT2D eigenvalue weighted by molar-refractivity contribution is 6.33. The van der Waals surface area contributed by atoms with Crippen molar-refractivity contribution in [2.24, 2.45) is 0 Å². The van der Waals surface area contributed by atoms with E-state index in [0.29, 0.717) is 22.9 Å². The van der Waals surface area contributed by atoms with Crippen molar-refractivity contribution in [2.75, 3.05) is 24.9 Å². The molecule has 9 heteroatoms. The second-order valence-electron chi connectivity index (χ2n) is 6.47. The third kappa shape index (κ3) is 5.23. The van der Waals surface area contributed by atoms with E-state index in [1.165, 1.54) is 20.3 Å². The van der Waals surface area contributed by atoms with Gasteiger partial charge in [-0.15, -0.1) is 0 Å². The van der Waals surface area contributed by atoms with Gasteiger partial charge in [0.1, 0.15) is 5.56 Å². The SMILES string of the molecule is COc1cc(C(=O)Nc2ccc(NCc3ccccc3)c(Cl)c2)c([N+](=O)[O-])cc1OC. The lowest BCUT2D eigenvalue weighted by atomic mass is 10.1. The van der Waals surface area contributed by atoms with Crippen LogP contribution >= 0.6 is 11.6 Å². The van der Waals surface area contributed by atoms with E-state index in [1.807, 2.05) is 30.3 Å². The van der Waals surface area contributed by atoms with Crippen molar-refractivity contribution in [1.29, 1.82) is 0 Å². The van der Waals surface area contributed by atoms with Crippen LogP contribution in [0.2, 0.25) is 5.02 Å². The molecule has 0 bridgehead atoms. The molecule has 0 spiro atoms. The van der Waals surface area contributed by atoms with Crippen LogP contribution in [0, 0.1) is 10.1 Å². The number of methoxy groups -OCH3 is 2. The largest absolute Gasteiger partial charge is 0.493 e. The van der Waals surface area contributed by atoms with Gasteiger partial charge in [-0.3, -0.25) is 14.9 Å². The van der Waals surface area contributed by atoms with Crippen LogP contribution in [0.25, 0.3) is 0 Å². The molecule has 0 saturated heterocycles. The predicted octanol–water partition coefficient (Wildman–Crippen LogP) is 5.13. The van der Waals surface area contributed by atoms with Gasteiger partial charge in [-0.25, -0.2) is 0 Å². The van der Waals surface area contributed by atoms with E-state index in [4.69, 9.17) is 21.1 Å². The molecule has 0 radical (unpaired) electrons. The number of carbonyl (C=O) groups is 1. The van der Waals surface area contributed by atoms with Crippen LogP contribution < -0.4 is 20.1 Å². The molecule has 0 aromatic heterocycles. The lowest BCUT2D eigenvalue weighted by Gasteiger charge is -2.12. The number of amides is 1. The Kier molecular flexibility index (Phi) is 6.94. The summed E-state index contributed by atoms with van der Waals surface area (Å²) in [6, 6.07) is 17.2. The maximum absolute atomic E-state index is 12.7. The van der Waals surface area contributed by atoms with Gasteiger partial charge in [-0.2, -0.15) is 0 Å². The van der Waals surface area contributed by atoms with E-state index >= 15 is 0 Å². The molecule has 1 amide bonds. The number of carbonyl (C=O) groups excluding carboxylic acids is 1. The van der Waals surface area contributed by atoms with E-state index in [2.05, 4.69) is 10.6 Å². The monoisotopic (exact) mass is 441 g/mol. The van der Waals surface area contributed by atoms with E-state index in [-0.39, 0.29) is 17.1 Å². The fraction of sp³-hybridized carbons (Fsp3) is 0.136. The Balaban J connectivity index is 1.79. The molecule has 0 aliphatic heterocycles. The molecule has 0 unspecified atom stereocenters. The zero-order chi connectivity index (χ0) is 22.4. The van der Waals surface area contributed by atoms with Gasteiger partial charge in [-0.1, -0.05) is 41.9 Å². The Morgan fingerprint density at radius 2 is 1.71 bits per heavy atom. The first-order valence-electron chi connectivity index (χ1n) is 9.22. The Hall–Kier alpha value is -3.78. The number of benzene rings is 3. The number of nitrogens with one attached hydrogen (secondary N) is 2. The number of nitro benzene ring substituents is 1. The van der Waals surface area contributed by atoms with E-state index in [0.717, 1.165) is 11.6 Å². The Morgan fingerprint density at radius 3 is 2.32 bits per heavy atom. The summed E-state index contributed by atoms with van der Waals surface area (Å²) >= 11 is 6.34. The number of halogens is 1. The molecule has 3 rings (SSSR count). The third-order valence-electron chi connectivity index (χ3n) is 4.50. The summed E-state index contributed by atoms with van der Waals surface area (Å²) in [5.74, 6) is -0.312. The van der Waals surface area contributed by atoms with Crippen LogP contribution in [-0.4, -0.2) is 25.1 Å². The summed E-state index contributed by atoms with van der Waals surface area (Å²) in [6.45, 7) is 0.587. The number of anilines is 2. The molecule has 0 atom stereocenters. The smallest absolute Gasteiger partial charge is 0.286 e. The average molecular weight is 442 g/mol. The van der Waals surface area contributed by atoms with Crippen LogP contribution in [0.4, 0.5) is 17.1 Å². The number of hydrogen-bond acceptors (Lipinski definition) is 6. The van der Waals surface area contributed by atoms with Crippen molar-refractivity contribution in [2.45, 2.75) is 6.54 Å².